The zero-order chi connectivity index (χ0) is 17.9. The number of benzene rings is 3. The fourth-order valence-electron chi connectivity index (χ4n) is 3.04. The van der Waals surface area contributed by atoms with Crippen LogP contribution in [0.1, 0.15) is 16.8 Å². The third-order valence-electron chi connectivity index (χ3n) is 4.23. The molecular weight excluding hydrogens is 322 g/mol. The first-order valence-electron chi connectivity index (χ1n) is 8.22. The van der Waals surface area contributed by atoms with Crippen LogP contribution in [0.4, 0.5) is 5.69 Å². The number of para-hydroxylation sites is 2. The molecular formula is C22H15N3O. The van der Waals surface area contributed by atoms with Crippen LogP contribution >= 0.6 is 0 Å². The molecule has 0 aliphatic rings. The molecule has 0 aliphatic heterocycles. The number of nitriles is 1. The van der Waals surface area contributed by atoms with Crippen molar-refractivity contribution in [1.29, 1.82) is 5.26 Å². The van der Waals surface area contributed by atoms with Gasteiger partial charge in [-0.15, -0.1) is 0 Å². The smallest absolute Gasteiger partial charge is 0.125 e. The molecule has 0 atom stereocenters. The summed E-state index contributed by atoms with van der Waals surface area (Å²) in [7, 11) is 0. The average molecular weight is 337 g/mol. The quantitative estimate of drug-likeness (QED) is 0.426. The molecule has 3 aromatic carbocycles. The number of fused-ring (bicyclic) bond motifs is 1. The van der Waals surface area contributed by atoms with Crippen LogP contribution in [0, 0.1) is 11.3 Å². The molecule has 0 amide bonds. The van der Waals surface area contributed by atoms with Crippen LogP contribution in [0.5, 0.6) is 0 Å². The maximum Gasteiger partial charge on any atom is 0.125 e. The Morgan fingerprint density at radius 2 is 1.46 bits per heavy atom. The highest BCUT2D eigenvalue weighted by atomic mass is 16.5. The lowest BCUT2D eigenvalue weighted by Crippen LogP contribution is -2.11. The van der Waals surface area contributed by atoms with Crippen molar-refractivity contribution in [3.8, 4) is 6.07 Å². The second-order valence-corrected chi connectivity index (χ2v) is 5.83. The molecule has 0 saturated heterocycles. The molecule has 0 radical (unpaired) electrons. The van der Waals surface area contributed by atoms with Gasteiger partial charge in [0.15, 0.2) is 0 Å². The summed E-state index contributed by atoms with van der Waals surface area (Å²) in [5.41, 5.74) is 3.50. The summed E-state index contributed by atoms with van der Waals surface area (Å²) in [5, 5.41) is 21.3. The third kappa shape index (κ3) is 2.62. The number of hydrogen-bond acceptors (Lipinski definition) is 3. The maximum absolute atomic E-state index is 10.8. The van der Waals surface area contributed by atoms with Crippen LogP contribution in [0.2, 0.25) is 0 Å². The molecule has 0 unspecified atom stereocenters. The van der Waals surface area contributed by atoms with Gasteiger partial charge in [0, 0.05) is 10.9 Å². The highest BCUT2D eigenvalue weighted by molar-refractivity contribution is 6.17. The maximum atomic E-state index is 10.8. The van der Waals surface area contributed by atoms with Gasteiger partial charge in [0.1, 0.15) is 11.8 Å². The zero-order valence-electron chi connectivity index (χ0n) is 13.9. The number of nitrogens with zero attached hydrogens (tertiary/aromatic N) is 3. The Labute approximate surface area is 150 Å². The molecule has 124 valence electrons. The second kappa shape index (κ2) is 6.58. The molecule has 4 aromatic rings. The van der Waals surface area contributed by atoms with E-state index in [1.807, 2.05) is 78.9 Å². The minimum atomic E-state index is 0.392. The van der Waals surface area contributed by atoms with Crippen LogP contribution in [0.15, 0.2) is 89.9 Å². The van der Waals surface area contributed by atoms with E-state index in [9.17, 15) is 10.5 Å². The first kappa shape index (κ1) is 15.7. The summed E-state index contributed by atoms with van der Waals surface area (Å²) in [6, 6.07) is 28.6. The Morgan fingerprint density at radius 1 is 0.846 bits per heavy atom. The van der Waals surface area contributed by atoms with Gasteiger partial charge >= 0.3 is 0 Å². The van der Waals surface area contributed by atoms with Gasteiger partial charge in [0.25, 0.3) is 0 Å². The largest absolute Gasteiger partial charge is 0.428 e. The summed E-state index contributed by atoms with van der Waals surface area (Å²) >= 11 is 0. The molecule has 1 aromatic heterocycles. The second-order valence-electron chi connectivity index (χ2n) is 5.83. The molecule has 4 heteroatoms. The number of aliphatic imine (C=N–C) groups is 1. The molecule has 4 rings (SSSR count). The van der Waals surface area contributed by atoms with E-state index in [1.54, 1.807) is 6.07 Å². The Morgan fingerprint density at radius 3 is 2.15 bits per heavy atom. The molecule has 4 nitrogen and oxygen atoms in total. The van der Waals surface area contributed by atoms with Crippen LogP contribution < -0.4 is 0 Å². The molecule has 0 saturated carbocycles. The van der Waals surface area contributed by atoms with Crippen molar-refractivity contribution in [2.45, 2.75) is 0 Å². The molecule has 0 fully saturated rings. The summed E-state index contributed by atoms with van der Waals surface area (Å²) < 4.78 is 1.06. The fraction of sp³-hybridized carbons (Fsp3) is 0. The van der Waals surface area contributed by atoms with Gasteiger partial charge in [-0.05, 0) is 18.2 Å². The van der Waals surface area contributed by atoms with E-state index < -0.39 is 0 Å². The van der Waals surface area contributed by atoms with Gasteiger partial charge in [-0.25, -0.2) is 4.99 Å². The van der Waals surface area contributed by atoms with Gasteiger partial charge in [-0.2, -0.15) is 9.99 Å². The van der Waals surface area contributed by atoms with E-state index >= 15 is 0 Å². The lowest BCUT2D eigenvalue weighted by atomic mass is 10.0. The van der Waals surface area contributed by atoms with E-state index in [-0.39, 0.29) is 0 Å². The predicted molar refractivity (Wildman–Crippen MR) is 102 cm³/mol. The molecule has 1 N–H and O–H groups in total. The van der Waals surface area contributed by atoms with Gasteiger partial charge < -0.3 is 5.21 Å². The standard InChI is InChI=1S/C22H15N3O/c23-15-19-18-13-7-8-14-20(18)25(26)22(19)21(16-9-3-1-4-10-16)24-17-11-5-2-6-12-17/h1-14,26H/b24-21+. The van der Waals surface area contributed by atoms with E-state index in [2.05, 4.69) is 6.07 Å². The zero-order valence-corrected chi connectivity index (χ0v) is 13.9. The first-order chi connectivity index (χ1) is 12.8. The summed E-state index contributed by atoms with van der Waals surface area (Å²) in [5.74, 6) is 0. The van der Waals surface area contributed by atoms with E-state index in [0.29, 0.717) is 27.9 Å². The van der Waals surface area contributed by atoms with Crippen LogP contribution in [-0.2, 0) is 0 Å². The van der Waals surface area contributed by atoms with Gasteiger partial charge in [0.05, 0.1) is 22.5 Å². The highest BCUT2D eigenvalue weighted by Gasteiger charge is 2.22. The van der Waals surface area contributed by atoms with Crippen LogP contribution in [0.3, 0.4) is 0 Å². The number of hydrogen-bond donors (Lipinski definition) is 1. The molecule has 0 bridgehead atoms. The average Bonchev–Trinajstić information content (AvgIpc) is 2.99. The SMILES string of the molecule is N#Cc1c(/C(=N/c2ccccc2)c2ccccc2)n(O)c2ccccc12. The fourth-order valence-corrected chi connectivity index (χ4v) is 3.04. The normalized spacial score (nSPS) is 11.4. The van der Waals surface area contributed by atoms with Crippen molar-refractivity contribution in [2.24, 2.45) is 4.99 Å². The lowest BCUT2D eigenvalue weighted by molar-refractivity contribution is 0.198. The number of aromatic nitrogens is 1. The van der Waals surface area contributed by atoms with Crippen molar-refractivity contribution in [1.82, 2.24) is 4.73 Å². The first-order valence-corrected chi connectivity index (χ1v) is 8.22. The van der Waals surface area contributed by atoms with Crippen molar-refractivity contribution in [3.63, 3.8) is 0 Å². The third-order valence-corrected chi connectivity index (χ3v) is 4.23. The molecule has 1 heterocycles. The minimum absolute atomic E-state index is 0.392. The monoisotopic (exact) mass is 337 g/mol. The summed E-state index contributed by atoms with van der Waals surface area (Å²) in [4.78, 5) is 4.75. The van der Waals surface area contributed by atoms with Crippen molar-refractivity contribution in [2.75, 3.05) is 0 Å². The lowest BCUT2D eigenvalue weighted by Gasteiger charge is -2.09. The number of rotatable bonds is 3. The van der Waals surface area contributed by atoms with Gasteiger partial charge in [-0.1, -0.05) is 66.7 Å². The van der Waals surface area contributed by atoms with Crippen LogP contribution in [-0.4, -0.2) is 15.6 Å². The van der Waals surface area contributed by atoms with Crippen molar-refractivity contribution < 1.29 is 5.21 Å². The van der Waals surface area contributed by atoms with Crippen molar-refractivity contribution in [3.05, 3.63) is 102 Å². The minimum Gasteiger partial charge on any atom is -0.428 e. The van der Waals surface area contributed by atoms with E-state index in [4.69, 9.17) is 4.99 Å². The summed E-state index contributed by atoms with van der Waals surface area (Å²) in [6.07, 6.45) is 0. The molecule has 0 aliphatic carbocycles. The topological polar surface area (TPSA) is 61.3 Å². The Kier molecular flexibility index (Phi) is 3.97. The molecule has 26 heavy (non-hydrogen) atoms. The highest BCUT2D eigenvalue weighted by Crippen LogP contribution is 2.28. The van der Waals surface area contributed by atoms with Gasteiger partial charge in [-0.3, -0.25) is 0 Å². The van der Waals surface area contributed by atoms with Gasteiger partial charge in [0.2, 0.25) is 0 Å². The summed E-state index contributed by atoms with van der Waals surface area (Å²) in [6.45, 7) is 0. The van der Waals surface area contributed by atoms with Crippen LogP contribution in [0.25, 0.3) is 10.9 Å². The predicted octanol–water partition coefficient (Wildman–Crippen LogP) is 4.92. The Bertz CT molecular complexity index is 1140. The van der Waals surface area contributed by atoms with E-state index in [0.717, 1.165) is 16.0 Å². The van der Waals surface area contributed by atoms with Crippen molar-refractivity contribution >= 4 is 22.3 Å². The molecule has 0 spiro atoms. The Balaban J connectivity index is 2.06. The Hall–Kier alpha value is -3.84. The van der Waals surface area contributed by atoms with E-state index in [1.165, 1.54) is 0 Å².